The Morgan fingerprint density at radius 1 is 1.33 bits per heavy atom. The molecule has 0 saturated carbocycles. The average molecular weight is 209 g/mol. The monoisotopic (exact) mass is 209 g/mol. The van der Waals surface area contributed by atoms with Crippen LogP contribution in [0.1, 0.15) is 44.4 Å². The summed E-state index contributed by atoms with van der Waals surface area (Å²) in [5.41, 5.74) is 8.15. The Kier molecular flexibility index (Phi) is 4.33. The number of aryl methyl sites for hydroxylation is 2. The number of imidazole rings is 1. The molecule has 1 rings (SSSR count). The molecule has 1 aromatic heterocycles. The molecule has 0 amide bonds. The van der Waals surface area contributed by atoms with Gasteiger partial charge in [0.1, 0.15) is 5.82 Å². The number of nitrogens with two attached hydrogens (primary N) is 1. The van der Waals surface area contributed by atoms with E-state index in [1.54, 1.807) is 0 Å². The van der Waals surface area contributed by atoms with E-state index in [9.17, 15) is 0 Å². The first kappa shape index (κ1) is 12.2. The highest BCUT2D eigenvalue weighted by Crippen LogP contribution is 2.12. The predicted molar refractivity (Wildman–Crippen MR) is 63.8 cm³/mol. The van der Waals surface area contributed by atoms with Gasteiger partial charge in [-0.15, -0.1) is 0 Å². The summed E-state index contributed by atoms with van der Waals surface area (Å²) in [6, 6.07) is 0.254. The Bertz CT molecular complexity index is 300. The summed E-state index contributed by atoms with van der Waals surface area (Å²) < 4.78 is 0. The van der Waals surface area contributed by atoms with Crippen LogP contribution in [-0.4, -0.2) is 16.0 Å². The van der Waals surface area contributed by atoms with Crippen LogP contribution in [0.2, 0.25) is 0 Å². The lowest BCUT2D eigenvalue weighted by molar-refractivity contribution is 0.629. The average Bonchev–Trinajstić information content (AvgIpc) is 2.43. The molecule has 0 saturated heterocycles. The number of aromatic amines is 1. The van der Waals surface area contributed by atoms with E-state index in [1.807, 2.05) is 6.92 Å². The van der Waals surface area contributed by atoms with Crippen molar-refractivity contribution in [1.29, 1.82) is 0 Å². The van der Waals surface area contributed by atoms with Gasteiger partial charge in [-0.05, 0) is 32.6 Å². The SMILES string of the molecule is Cc1[nH]c(CCC(C)N)nc1CC(C)C. The van der Waals surface area contributed by atoms with Crippen molar-refractivity contribution in [3.05, 3.63) is 17.2 Å². The fraction of sp³-hybridized carbons (Fsp3) is 0.750. The molecule has 1 atom stereocenters. The molecule has 1 unspecified atom stereocenters. The maximum Gasteiger partial charge on any atom is 0.106 e. The topological polar surface area (TPSA) is 54.7 Å². The zero-order valence-corrected chi connectivity index (χ0v) is 10.3. The van der Waals surface area contributed by atoms with E-state index in [-0.39, 0.29) is 6.04 Å². The number of hydrogen-bond donors (Lipinski definition) is 2. The molecule has 0 aromatic carbocycles. The van der Waals surface area contributed by atoms with Crippen molar-refractivity contribution in [2.45, 2.75) is 53.0 Å². The van der Waals surface area contributed by atoms with Crippen molar-refractivity contribution in [1.82, 2.24) is 9.97 Å². The first-order chi connectivity index (χ1) is 6.99. The molecule has 0 aliphatic heterocycles. The van der Waals surface area contributed by atoms with E-state index >= 15 is 0 Å². The first-order valence-electron chi connectivity index (χ1n) is 5.79. The van der Waals surface area contributed by atoms with Crippen molar-refractivity contribution >= 4 is 0 Å². The van der Waals surface area contributed by atoms with Crippen molar-refractivity contribution in [2.24, 2.45) is 11.7 Å². The summed E-state index contributed by atoms with van der Waals surface area (Å²) in [7, 11) is 0. The molecule has 86 valence electrons. The fourth-order valence-corrected chi connectivity index (χ4v) is 1.63. The molecule has 0 radical (unpaired) electrons. The highest BCUT2D eigenvalue weighted by Gasteiger charge is 2.08. The Hall–Kier alpha value is -0.830. The molecule has 1 aromatic rings. The molecule has 0 bridgehead atoms. The highest BCUT2D eigenvalue weighted by atomic mass is 14.9. The summed E-state index contributed by atoms with van der Waals surface area (Å²) in [5, 5.41) is 0. The van der Waals surface area contributed by atoms with Gasteiger partial charge in [0.15, 0.2) is 0 Å². The summed E-state index contributed by atoms with van der Waals surface area (Å²) >= 11 is 0. The van der Waals surface area contributed by atoms with E-state index in [2.05, 4.69) is 30.7 Å². The molecule has 15 heavy (non-hydrogen) atoms. The van der Waals surface area contributed by atoms with Gasteiger partial charge in [-0.2, -0.15) is 0 Å². The zero-order chi connectivity index (χ0) is 11.4. The third-order valence-electron chi connectivity index (χ3n) is 2.47. The molecule has 0 spiro atoms. The predicted octanol–water partition coefficient (Wildman–Crippen LogP) is 2.20. The van der Waals surface area contributed by atoms with Crippen molar-refractivity contribution in [3.63, 3.8) is 0 Å². The lowest BCUT2D eigenvalue weighted by atomic mass is 10.1. The number of aromatic nitrogens is 2. The highest BCUT2D eigenvalue weighted by molar-refractivity contribution is 5.13. The van der Waals surface area contributed by atoms with Crippen LogP contribution in [0.25, 0.3) is 0 Å². The van der Waals surface area contributed by atoms with E-state index in [0.717, 1.165) is 25.1 Å². The van der Waals surface area contributed by atoms with E-state index in [0.29, 0.717) is 5.92 Å². The largest absolute Gasteiger partial charge is 0.346 e. The van der Waals surface area contributed by atoms with Gasteiger partial charge in [-0.25, -0.2) is 4.98 Å². The van der Waals surface area contributed by atoms with Crippen LogP contribution in [0.3, 0.4) is 0 Å². The van der Waals surface area contributed by atoms with Crippen molar-refractivity contribution < 1.29 is 0 Å². The number of nitrogens with zero attached hydrogens (tertiary/aromatic N) is 1. The van der Waals surface area contributed by atoms with Gasteiger partial charge in [-0.1, -0.05) is 13.8 Å². The molecule has 3 N–H and O–H groups in total. The van der Waals surface area contributed by atoms with Gasteiger partial charge < -0.3 is 10.7 Å². The number of nitrogens with one attached hydrogen (secondary N) is 1. The quantitative estimate of drug-likeness (QED) is 0.781. The second-order valence-electron chi connectivity index (χ2n) is 4.87. The van der Waals surface area contributed by atoms with Crippen molar-refractivity contribution in [2.75, 3.05) is 0 Å². The third kappa shape index (κ3) is 4.04. The van der Waals surface area contributed by atoms with Gasteiger partial charge in [0.2, 0.25) is 0 Å². The van der Waals surface area contributed by atoms with Crippen LogP contribution in [0.4, 0.5) is 0 Å². The summed E-state index contributed by atoms with van der Waals surface area (Å²) in [4.78, 5) is 7.95. The number of H-pyrrole nitrogens is 1. The normalized spacial score (nSPS) is 13.5. The lowest BCUT2D eigenvalue weighted by Gasteiger charge is -2.02. The fourth-order valence-electron chi connectivity index (χ4n) is 1.63. The molecule has 1 heterocycles. The molecular formula is C12H23N3. The van der Waals surface area contributed by atoms with Gasteiger partial charge >= 0.3 is 0 Å². The van der Waals surface area contributed by atoms with Gasteiger partial charge in [0.25, 0.3) is 0 Å². The Morgan fingerprint density at radius 3 is 2.53 bits per heavy atom. The smallest absolute Gasteiger partial charge is 0.106 e. The molecule has 3 nitrogen and oxygen atoms in total. The van der Waals surface area contributed by atoms with Crippen molar-refractivity contribution in [3.8, 4) is 0 Å². The second-order valence-corrected chi connectivity index (χ2v) is 4.87. The molecule has 0 fully saturated rings. The maximum atomic E-state index is 5.72. The van der Waals surface area contributed by atoms with Crippen LogP contribution >= 0.6 is 0 Å². The summed E-state index contributed by atoms with van der Waals surface area (Å²) in [6.45, 7) is 8.57. The minimum absolute atomic E-state index is 0.254. The van der Waals surface area contributed by atoms with Crippen LogP contribution in [0, 0.1) is 12.8 Å². The number of rotatable bonds is 5. The Labute approximate surface area is 92.5 Å². The minimum Gasteiger partial charge on any atom is -0.346 e. The Morgan fingerprint density at radius 2 is 2.00 bits per heavy atom. The standard InChI is InChI=1S/C12H23N3/c1-8(2)7-11-10(4)14-12(15-11)6-5-9(3)13/h8-9H,5-7,13H2,1-4H3,(H,14,15). The summed E-state index contributed by atoms with van der Waals surface area (Å²) in [5.74, 6) is 1.74. The van der Waals surface area contributed by atoms with Gasteiger partial charge in [0.05, 0.1) is 5.69 Å². The van der Waals surface area contributed by atoms with Crippen LogP contribution in [0.15, 0.2) is 0 Å². The second kappa shape index (κ2) is 5.31. The van der Waals surface area contributed by atoms with Crippen LogP contribution < -0.4 is 5.73 Å². The Balaban J connectivity index is 2.60. The molecule has 0 aliphatic carbocycles. The molecule has 0 aliphatic rings. The van der Waals surface area contributed by atoms with Gasteiger partial charge in [0, 0.05) is 18.2 Å². The third-order valence-corrected chi connectivity index (χ3v) is 2.47. The van der Waals surface area contributed by atoms with Crippen LogP contribution in [0.5, 0.6) is 0 Å². The lowest BCUT2D eigenvalue weighted by Crippen LogP contribution is -2.15. The van der Waals surface area contributed by atoms with E-state index in [1.165, 1.54) is 11.4 Å². The molecule has 3 heteroatoms. The van der Waals surface area contributed by atoms with Crippen LogP contribution in [-0.2, 0) is 12.8 Å². The first-order valence-corrected chi connectivity index (χ1v) is 5.79. The molecular weight excluding hydrogens is 186 g/mol. The minimum atomic E-state index is 0.254. The zero-order valence-electron chi connectivity index (χ0n) is 10.3. The van der Waals surface area contributed by atoms with E-state index in [4.69, 9.17) is 5.73 Å². The maximum absolute atomic E-state index is 5.72. The summed E-state index contributed by atoms with van der Waals surface area (Å²) in [6.07, 6.45) is 3.01. The van der Waals surface area contributed by atoms with Gasteiger partial charge in [-0.3, -0.25) is 0 Å². The van der Waals surface area contributed by atoms with E-state index < -0.39 is 0 Å². The number of hydrogen-bond acceptors (Lipinski definition) is 2.